The minimum Gasteiger partial charge on any atom is -0.504 e. The monoisotopic (exact) mass is 257 g/mol. The predicted octanol–water partition coefficient (Wildman–Crippen LogP) is 1.64. The van der Waals surface area contributed by atoms with E-state index in [1.54, 1.807) is 18.3 Å². The zero-order valence-corrected chi connectivity index (χ0v) is 10.9. The van der Waals surface area contributed by atoms with E-state index in [4.69, 9.17) is 0 Å². The molecule has 0 bridgehead atoms. The number of pyridine rings is 1. The van der Waals surface area contributed by atoms with Crippen molar-refractivity contribution in [2.24, 2.45) is 5.92 Å². The molecule has 1 fully saturated rings. The molecule has 1 aliphatic heterocycles. The number of hydrogen-bond acceptors (Lipinski definition) is 4. The smallest absolute Gasteiger partial charge is 0.170 e. The largest absolute Gasteiger partial charge is 0.504 e. The minimum absolute atomic E-state index is 0. The number of hydrogen-bond donors (Lipinski definition) is 2. The topological polar surface area (TPSA) is 48.4 Å². The number of halogens is 1. The standard InChI is InChI=1S/C12H19N3O.ClH/c1-15(9-10-4-2-6-13-8-10)12-11(16)5-3-7-14-12;/h3,5,7,10,13,16H,2,4,6,8-9H2,1H3;1H. The molecule has 0 amide bonds. The van der Waals surface area contributed by atoms with Gasteiger partial charge in [-0.2, -0.15) is 0 Å². The van der Waals surface area contributed by atoms with Gasteiger partial charge in [0.15, 0.2) is 11.6 Å². The van der Waals surface area contributed by atoms with E-state index in [0.29, 0.717) is 11.7 Å². The van der Waals surface area contributed by atoms with Gasteiger partial charge >= 0.3 is 0 Å². The molecule has 5 heteroatoms. The molecule has 0 aliphatic carbocycles. The second-order valence-corrected chi connectivity index (χ2v) is 4.44. The van der Waals surface area contributed by atoms with E-state index >= 15 is 0 Å². The molecule has 0 saturated carbocycles. The normalized spacial score (nSPS) is 19.5. The molecule has 1 aromatic heterocycles. The van der Waals surface area contributed by atoms with E-state index < -0.39 is 0 Å². The summed E-state index contributed by atoms with van der Waals surface area (Å²) in [5, 5.41) is 13.1. The van der Waals surface area contributed by atoms with Crippen LogP contribution in [0.15, 0.2) is 18.3 Å². The predicted molar refractivity (Wildman–Crippen MR) is 72.0 cm³/mol. The summed E-state index contributed by atoms with van der Waals surface area (Å²) in [4.78, 5) is 6.23. The fraction of sp³-hybridized carbons (Fsp3) is 0.583. The van der Waals surface area contributed by atoms with Crippen LogP contribution in [0.25, 0.3) is 0 Å². The number of piperidine rings is 1. The first kappa shape index (κ1) is 14.1. The van der Waals surface area contributed by atoms with Crippen LogP contribution in [-0.2, 0) is 0 Å². The van der Waals surface area contributed by atoms with Crippen LogP contribution in [0.4, 0.5) is 5.82 Å². The zero-order valence-electron chi connectivity index (χ0n) is 10.1. The number of aromatic hydroxyl groups is 1. The van der Waals surface area contributed by atoms with Crippen molar-refractivity contribution >= 4 is 18.2 Å². The van der Waals surface area contributed by atoms with Crippen LogP contribution in [0.2, 0.25) is 0 Å². The highest BCUT2D eigenvalue weighted by Crippen LogP contribution is 2.23. The maximum absolute atomic E-state index is 9.69. The van der Waals surface area contributed by atoms with Gasteiger partial charge in [-0.05, 0) is 44.0 Å². The lowest BCUT2D eigenvalue weighted by molar-refractivity contribution is 0.379. The Bertz CT molecular complexity index is 342. The van der Waals surface area contributed by atoms with Gasteiger partial charge in [-0.15, -0.1) is 12.4 Å². The van der Waals surface area contributed by atoms with Gasteiger partial charge in [-0.3, -0.25) is 0 Å². The van der Waals surface area contributed by atoms with Crippen LogP contribution >= 0.6 is 12.4 Å². The lowest BCUT2D eigenvalue weighted by atomic mass is 9.99. The third kappa shape index (κ3) is 3.75. The van der Waals surface area contributed by atoms with Gasteiger partial charge in [0.25, 0.3) is 0 Å². The summed E-state index contributed by atoms with van der Waals surface area (Å²) in [6, 6.07) is 3.42. The fourth-order valence-electron chi connectivity index (χ4n) is 2.24. The van der Waals surface area contributed by atoms with Crippen LogP contribution in [0.1, 0.15) is 12.8 Å². The van der Waals surface area contributed by atoms with Crippen molar-refractivity contribution in [3.63, 3.8) is 0 Å². The van der Waals surface area contributed by atoms with Crippen LogP contribution in [0.5, 0.6) is 5.75 Å². The Balaban J connectivity index is 0.00000144. The van der Waals surface area contributed by atoms with E-state index in [-0.39, 0.29) is 18.2 Å². The highest BCUT2D eigenvalue weighted by molar-refractivity contribution is 5.85. The third-order valence-electron chi connectivity index (χ3n) is 3.06. The van der Waals surface area contributed by atoms with Gasteiger partial charge < -0.3 is 15.3 Å². The van der Waals surface area contributed by atoms with Gasteiger partial charge in [-0.1, -0.05) is 0 Å². The van der Waals surface area contributed by atoms with Gasteiger partial charge in [-0.25, -0.2) is 4.98 Å². The Labute approximate surface area is 108 Å². The van der Waals surface area contributed by atoms with Crippen molar-refractivity contribution in [3.8, 4) is 5.75 Å². The highest BCUT2D eigenvalue weighted by Gasteiger charge is 2.17. The van der Waals surface area contributed by atoms with E-state index in [0.717, 1.165) is 19.6 Å². The van der Waals surface area contributed by atoms with Crippen molar-refractivity contribution in [1.29, 1.82) is 0 Å². The summed E-state index contributed by atoms with van der Waals surface area (Å²) in [5.74, 6) is 1.59. The number of aromatic nitrogens is 1. The number of anilines is 1. The summed E-state index contributed by atoms with van der Waals surface area (Å²) in [6.07, 6.45) is 4.21. The Morgan fingerprint density at radius 1 is 1.59 bits per heavy atom. The number of rotatable bonds is 3. The molecule has 96 valence electrons. The van der Waals surface area contributed by atoms with Crippen LogP contribution in [-0.4, -0.2) is 36.8 Å². The Hall–Kier alpha value is -1.00. The molecule has 4 nitrogen and oxygen atoms in total. The van der Waals surface area contributed by atoms with Crippen molar-refractivity contribution in [3.05, 3.63) is 18.3 Å². The first-order valence-electron chi connectivity index (χ1n) is 5.83. The first-order valence-corrected chi connectivity index (χ1v) is 5.83. The van der Waals surface area contributed by atoms with Crippen molar-refractivity contribution in [1.82, 2.24) is 10.3 Å². The Kier molecular flexibility index (Phi) is 5.51. The van der Waals surface area contributed by atoms with Crippen molar-refractivity contribution in [2.75, 3.05) is 31.6 Å². The Morgan fingerprint density at radius 2 is 2.41 bits per heavy atom. The van der Waals surface area contributed by atoms with Gasteiger partial charge in [0.1, 0.15) is 0 Å². The lowest BCUT2D eigenvalue weighted by Gasteiger charge is -2.28. The molecular formula is C12H20ClN3O. The van der Waals surface area contributed by atoms with E-state index in [1.807, 2.05) is 11.9 Å². The second-order valence-electron chi connectivity index (χ2n) is 4.44. The van der Waals surface area contributed by atoms with E-state index in [2.05, 4.69) is 10.3 Å². The average Bonchev–Trinajstić information content (AvgIpc) is 2.31. The molecule has 0 aromatic carbocycles. The maximum Gasteiger partial charge on any atom is 0.170 e. The Morgan fingerprint density at radius 3 is 3.06 bits per heavy atom. The zero-order chi connectivity index (χ0) is 11.4. The van der Waals surface area contributed by atoms with Crippen molar-refractivity contribution in [2.45, 2.75) is 12.8 Å². The van der Waals surface area contributed by atoms with E-state index in [1.165, 1.54) is 12.8 Å². The van der Waals surface area contributed by atoms with Gasteiger partial charge in [0, 0.05) is 19.8 Å². The number of nitrogens with zero attached hydrogens (tertiary/aromatic N) is 2. The molecule has 0 radical (unpaired) electrons. The summed E-state index contributed by atoms with van der Waals surface area (Å²) in [5.41, 5.74) is 0. The maximum atomic E-state index is 9.69. The molecule has 17 heavy (non-hydrogen) atoms. The number of nitrogens with one attached hydrogen (secondary N) is 1. The molecular weight excluding hydrogens is 238 g/mol. The first-order chi connectivity index (χ1) is 7.77. The summed E-state index contributed by atoms with van der Waals surface area (Å²) in [7, 11) is 1.98. The third-order valence-corrected chi connectivity index (χ3v) is 3.06. The molecule has 1 aliphatic rings. The van der Waals surface area contributed by atoms with E-state index in [9.17, 15) is 5.11 Å². The quantitative estimate of drug-likeness (QED) is 0.865. The van der Waals surface area contributed by atoms with Crippen LogP contribution in [0.3, 0.4) is 0 Å². The van der Waals surface area contributed by atoms with Crippen LogP contribution in [0, 0.1) is 5.92 Å². The molecule has 0 spiro atoms. The minimum atomic E-state index is 0. The molecule has 1 unspecified atom stereocenters. The SMILES string of the molecule is CN(CC1CCCNC1)c1ncccc1O.Cl. The summed E-state index contributed by atoms with van der Waals surface area (Å²) in [6.45, 7) is 3.14. The summed E-state index contributed by atoms with van der Waals surface area (Å²) >= 11 is 0. The summed E-state index contributed by atoms with van der Waals surface area (Å²) < 4.78 is 0. The van der Waals surface area contributed by atoms with Crippen molar-refractivity contribution < 1.29 is 5.11 Å². The lowest BCUT2D eigenvalue weighted by Crippen LogP contribution is -2.37. The fourth-order valence-corrected chi connectivity index (χ4v) is 2.24. The second kappa shape index (κ2) is 6.67. The molecule has 2 heterocycles. The molecule has 2 N–H and O–H groups in total. The molecule has 1 atom stereocenters. The molecule has 2 rings (SSSR count). The molecule has 1 aromatic rings. The highest BCUT2D eigenvalue weighted by atomic mass is 35.5. The van der Waals surface area contributed by atoms with Gasteiger partial charge in [0.05, 0.1) is 0 Å². The van der Waals surface area contributed by atoms with Gasteiger partial charge in [0.2, 0.25) is 0 Å². The van der Waals surface area contributed by atoms with Crippen LogP contribution < -0.4 is 10.2 Å². The average molecular weight is 258 g/mol. The molecule has 1 saturated heterocycles.